The van der Waals surface area contributed by atoms with Gasteiger partial charge in [-0.2, -0.15) is 5.10 Å². The predicted molar refractivity (Wildman–Crippen MR) is 138 cm³/mol. The second-order valence-corrected chi connectivity index (χ2v) is 11.6. The molecule has 6 nitrogen and oxygen atoms in total. The molecule has 0 spiro atoms. The normalized spacial score (nSPS) is 20.3. The maximum Gasteiger partial charge on any atom is 0.188 e. The van der Waals surface area contributed by atoms with Crippen LogP contribution >= 0.6 is 11.9 Å². The van der Waals surface area contributed by atoms with Gasteiger partial charge in [0.2, 0.25) is 0 Å². The number of hydrogen-bond donors (Lipinski definition) is 2. The van der Waals surface area contributed by atoms with Gasteiger partial charge in [0.05, 0.1) is 18.8 Å². The zero-order valence-electron chi connectivity index (χ0n) is 20.7. The van der Waals surface area contributed by atoms with Crippen LogP contribution in [0.1, 0.15) is 62.8 Å². The van der Waals surface area contributed by atoms with Crippen LogP contribution in [-0.4, -0.2) is 32.4 Å². The fraction of sp³-hybridized carbons (Fsp3) is 0.444. The number of ether oxygens (including phenoxy) is 1. The molecule has 0 bridgehead atoms. The largest absolute Gasteiger partial charge is 0.497 e. The van der Waals surface area contributed by atoms with E-state index in [1.54, 1.807) is 23.7 Å². The molecule has 2 aromatic carbocycles. The van der Waals surface area contributed by atoms with Crippen molar-refractivity contribution in [2.75, 3.05) is 12.4 Å². The summed E-state index contributed by atoms with van der Waals surface area (Å²) in [6.45, 7) is 7.71. The fourth-order valence-electron chi connectivity index (χ4n) is 4.87. The van der Waals surface area contributed by atoms with Crippen LogP contribution in [-0.2, 0) is 18.6 Å². The van der Waals surface area contributed by atoms with E-state index in [9.17, 15) is 5.11 Å². The predicted octanol–water partition coefficient (Wildman–Crippen LogP) is 6.18. The lowest BCUT2D eigenvalue weighted by Crippen LogP contribution is -2.25. The second kappa shape index (κ2) is 9.48. The number of aliphatic hydroxyl groups excluding tert-OH is 1. The van der Waals surface area contributed by atoms with Gasteiger partial charge in [0.15, 0.2) is 11.6 Å². The summed E-state index contributed by atoms with van der Waals surface area (Å²) in [4.78, 5) is 1.22. The van der Waals surface area contributed by atoms with Crippen molar-refractivity contribution in [3.05, 3.63) is 65.1 Å². The Morgan fingerprint density at radius 3 is 2.60 bits per heavy atom. The van der Waals surface area contributed by atoms with E-state index in [1.165, 1.54) is 16.0 Å². The molecule has 0 radical (unpaired) electrons. The second-order valence-electron chi connectivity index (χ2n) is 10.5. The minimum atomic E-state index is -0.389. The smallest absolute Gasteiger partial charge is 0.188 e. The summed E-state index contributed by atoms with van der Waals surface area (Å²) < 4.78 is 25.0. The summed E-state index contributed by atoms with van der Waals surface area (Å²) in [6.07, 6.45) is 1.66. The molecule has 1 saturated carbocycles. The molecule has 2 aliphatic rings. The van der Waals surface area contributed by atoms with Gasteiger partial charge in [0.25, 0.3) is 0 Å². The van der Waals surface area contributed by atoms with E-state index >= 15 is 4.39 Å². The molecule has 1 aliphatic carbocycles. The van der Waals surface area contributed by atoms with Gasteiger partial charge in [0, 0.05) is 29.6 Å². The van der Waals surface area contributed by atoms with E-state index in [-0.39, 0.29) is 23.4 Å². The van der Waals surface area contributed by atoms with Crippen LogP contribution in [0.4, 0.5) is 15.9 Å². The third-order valence-corrected chi connectivity index (χ3v) is 7.81. The third-order valence-electron chi connectivity index (χ3n) is 6.69. The molecule has 0 saturated heterocycles. The number of anilines is 2. The van der Waals surface area contributed by atoms with Gasteiger partial charge in [-0.15, -0.1) is 0 Å². The van der Waals surface area contributed by atoms with Crippen LogP contribution in [0.5, 0.6) is 5.75 Å². The van der Waals surface area contributed by atoms with Crippen molar-refractivity contribution < 1.29 is 14.2 Å². The number of rotatable bonds is 6. The average molecular weight is 497 g/mol. The maximum absolute atomic E-state index is 15.7. The van der Waals surface area contributed by atoms with E-state index in [1.807, 2.05) is 39.0 Å². The lowest BCUT2D eigenvalue weighted by atomic mass is 10.0. The monoisotopic (exact) mass is 496 g/mol. The molecule has 1 aliphatic heterocycles. The number of methoxy groups -OCH3 is 1. The molecule has 1 fully saturated rings. The molecule has 2 atom stereocenters. The van der Waals surface area contributed by atoms with Crippen molar-refractivity contribution in [2.24, 2.45) is 0 Å². The highest BCUT2D eigenvalue weighted by molar-refractivity contribution is 7.97. The Bertz CT molecular complexity index is 1210. The van der Waals surface area contributed by atoms with Crippen LogP contribution in [0, 0.1) is 5.82 Å². The highest BCUT2D eigenvalue weighted by Gasteiger charge is 2.33. The molecule has 8 heteroatoms. The highest BCUT2D eigenvalue weighted by atomic mass is 32.2. The SMILES string of the molecule is COc1ccc(CN2Cc3cc(Nc4c(F)c([C@H]5CC[C@@H](O)C5)nn4C(C)(C)C)ccc3S2)cc1. The van der Waals surface area contributed by atoms with Crippen molar-refractivity contribution in [1.82, 2.24) is 14.1 Å². The van der Waals surface area contributed by atoms with Crippen LogP contribution < -0.4 is 10.1 Å². The van der Waals surface area contributed by atoms with Gasteiger partial charge >= 0.3 is 0 Å². The van der Waals surface area contributed by atoms with Crippen LogP contribution in [0.15, 0.2) is 47.4 Å². The Morgan fingerprint density at radius 1 is 1.17 bits per heavy atom. The number of hydrogen-bond acceptors (Lipinski definition) is 6. The van der Waals surface area contributed by atoms with E-state index in [0.29, 0.717) is 24.4 Å². The topological polar surface area (TPSA) is 62.6 Å². The fourth-order valence-corrected chi connectivity index (χ4v) is 5.93. The molecule has 186 valence electrons. The van der Waals surface area contributed by atoms with Crippen molar-refractivity contribution in [1.29, 1.82) is 0 Å². The molecule has 1 aromatic heterocycles. The van der Waals surface area contributed by atoms with E-state index in [0.717, 1.165) is 30.9 Å². The molecule has 0 unspecified atom stereocenters. The third kappa shape index (κ3) is 5.06. The van der Waals surface area contributed by atoms with Crippen LogP contribution in [0.3, 0.4) is 0 Å². The quantitative estimate of drug-likeness (QED) is 0.397. The maximum atomic E-state index is 15.7. The number of nitrogens with zero attached hydrogens (tertiary/aromatic N) is 3. The molecule has 2 N–H and O–H groups in total. The molecule has 0 amide bonds. The van der Waals surface area contributed by atoms with E-state index in [2.05, 4.69) is 39.0 Å². The Hall–Kier alpha value is -2.55. The standard InChI is InChI=1S/C27H33FN4O2S/c1-27(2,3)32-26(24(28)25(30-32)18-7-9-21(33)14-18)29-20-8-12-23-19(13-20)16-31(35-23)15-17-5-10-22(34-4)11-6-17/h5-6,8,10-13,18,21,29,33H,7,9,14-16H2,1-4H3/t18-,21+/m0/s1. The minimum Gasteiger partial charge on any atom is -0.497 e. The first-order valence-corrected chi connectivity index (χ1v) is 12.9. The molecular formula is C27H33FN4O2S. The Morgan fingerprint density at radius 2 is 1.94 bits per heavy atom. The van der Waals surface area contributed by atoms with Crippen molar-refractivity contribution >= 4 is 23.5 Å². The van der Waals surface area contributed by atoms with Crippen LogP contribution in [0.2, 0.25) is 0 Å². The zero-order chi connectivity index (χ0) is 24.7. The Balaban J connectivity index is 1.35. The molecule has 5 rings (SSSR count). The summed E-state index contributed by atoms with van der Waals surface area (Å²) in [5, 5.41) is 18.0. The number of benzene rings is 2. The van der Waals surface area contributed by atoms with Gasteiger partial charge in [-0.05, 0) is 93.4 Å². The van der Waals surface area contributed by atoms with Gasteiger partial charge in [0.1, 0.15) is 11.4 Å². The molecule has 35 heavy (non-hydrogen) atoms. The van der Waals surface area contributed by atoms with E-state index in [4.69, 9.17) is 4.74 Å². The Labute approximate surface area is 210 Å². The van der Waals surface area contributed by atoms with Gasteiger partial charge in [-0.25, -0.2) is 13.4 Å². The minimum absolute atomic E-state index is 0.0444. The number of aliphatic hydroxyl groups is 1. The van der Waals surface area contributed by atoms with E-state index < -0.39 is 0 Å². The first kappa shape index (κ1) is 24.2. The number of nitrogens with one attached hydrogen (secondary N) is 1. The average Bonchev–Trinajstić information content (AvgIpc) is 3.51. The molecule has 2 heterocycles. The molecular weight excluding hydrogens is 463 g/mol. The number of halogens is 1. The highest BCUT2D eigenvalue weighted by Crippen LogP contribution is 2.41. The summed E-state index contributed by atoms with van der Waals surface area (Å²) in [5.41, 5.74) is 3.36. The van der Waals surface area contributed by atoms with Gasteiger partial charge < -0.3 is 15.2 Å². The number of aromatic nitrogens is 2. The van der Waals surface area contributed by atoms with Gasteiger partial charge in [-0.1, -0.05) is 12.1 Å². The Kier molecular flexibility index (Phi) is 6.55. The first-order valence-electron chi connectivity index (χ1n) is 12.1. The summed E-state index contributed by atoms with van der Waals surface area (Å²) in [5.74, 6) is 0.887. The first-order chi connectivity index (χ1) is 16.7. The van der Waals surface area contributed by atoms with Crippen molar-refractivity contribution in [3.63, 3.8) is 0 Å². The van der Waals surface area contributed by atoms with Gasteiger partial charge in [-0.3, -0.25) is 0 Å². The zero-order valence-corrected chi connectivity index (χ0v) is 21.5. The van der Waals surface area contributed by atoms with Crippen molar-refractivity contribution in [2.45, 2.75) is 75.6 Å². The molecule has 3 aromatic rings. The summed E-state index contributed by atoms with van der Waals surface area (Å²) >= 11 is 1.75. The van der Waals surface area contributed by atoms with Crippen molar-refractivity contribution in [3.8, 4) is 5.75 Å². The van der Waals surface area contributed by atoms with Crippen LogP contribution in [0.25, 0.3) is 0 Å². The summed E-state index contributed by atoms with van der Waals surface area (Å²) in [6, 6.07) is 14.4. The summed E-state index contributed by atoms with van der Waals surface area (Å²) in [7, 11) is 1.67. The lowest BCUT2D eigenvalue weighted by molar-refractivity contribution is 0.181. The number of fused-ring (bicyclic) bond motifs is 1. The lowest BCUT2D eigenvalue weighted by Gasteiger charge is -2.22.